The van der Waals surface area contributed by atoms with Crippen LogP contribution in [0.25, 0.3) is 0 Å². The zero-order valence-corrected chi connectivity index (χ0v) is 14.8. The highest BCUT2D eigenvalue weighted by atomic mass is 79.9. The zero-order chi connectivity index (χ0) is 15.4. The van der Waals surface area contributed by atoms with Crippen LogP contribution in [-0.2, 0) is 0 Å². The molecule has 1 aromatic carbocycles. The van der Waals surface area contributed by atoms with E-state index in [4.69, 9.17) is 23.8 Å². The topological polar surface area (TPSA) is 37.0 Å². The van der Waals surface area contributed by atoms with Gasteiger partial charge in [-0.05, 0) is 53.6 Å². The summed E-state index contributed by atoms with van der Waals surface area (Å²) in [6.45, 7) is 3.94. The molecule has 0 spiro atoms. The average Bonchev–Trinajstić information content (AvgIpc) is 2.45. The van der Waals surface area contributed by atoms with Crippen molar-refractivity contribution in [1.29, 1.82) is 0 Å². The highest BCUT2D eigenvalue weighted by molar-refractivity contribution is 9.10. The highest BCUT2D eigenvalue weighted by Crippen LogP contribution is 2.26. The van der Waals surface area contributed by atoms with Crippen molar-refractivity contribution in [3.8, 4) is 0 Å². The van der Waals surface area contributed by atoms with E-state index in [1.807, 2.05) is 32.0 Å². The lowest BCUT2D eigenvalue weighted by molar-refractivity contribution is 0.722. The summed E-state index contributed by atoms with van der Waals surface area (Å²) in [5.41, 5.74) is 2.01. The minimum absolute atomic E-state index is 0.0986. The average molecular weight is 385 g/mol. The van der Waals surface area contributed by atoms with Gasteiger partial charge in [-0.1, -0.05) is 41.9 Å². The van der Waals surface area contributed by atoms with Gasteiger partial charge in [0.25, 0.3) is 0 Å². The van der Waals surface area contributed by atoms with E-state index >= 15 is 0 Å². The molecule has 0 amide bonds. The number of benzene rings is 1. The molecule has 2 N–H and O–H groups in total. The van der Waals surface area contributed by atoms with Gasteiger partial charge in [0.15, 0.2) is 10.9 Å². The second kappa shape index (κ2) is 7.20. The minimum Gasteiger partial charge on any atom is -0.356 e. The van der Waals surface area contributed by atoms with Crippen molar-refractivity contribution in [2.24, 2.45) is 0 Å². The summed E-state index contributed by atoms with van der Waals surface area (Å²) in [6.07, 6.45) is 0. The Morgan fingerprint density at radius 2 is 2.00 bits per heavy atom. The summed E-state index contributed by atoms with van der Waals surface area (Å²) >= 11 is 14.9. The van der Waals surface area contributed by atoms with Gasteiger partial charge in [0.1, 0.15) is 0 Å². The van der Waals surface area contributed by atoms with Crippen LogP contribution < -0.4 is 10.6 Å². The van der Waals surface area contributed by atoms with E-state index in [0.717, 1.165) is 15.7 Å². The van der Waals surface area contributed by atoms with Gasteiger partial charge in [-0.15, -0.1) is 0 Å². The Kier molecular flexibility index (Phi) is 5.56. The Morgan fingerprint density at radius 3 is 2.67 bits per heavy atom. The molecule has 110 valence electrons. The monoisotopic (exact) mass is 383 g/mol. The molecular weight excluding hydrogens is 370 g/mol. The van der Waals surface area contributed by atoms with Crippen molar-refractivity contribution in [3.05, 3.63) is 57.2 Å². The van der Waals surface area contributed by atoms with E-state index in [-0.39, 0.29) is 6.04 Å². The molecular formula is C15H15BrClN3S. The van der Waals surface area contributed by atoms with Gasteiger partial charge in [-0.25, -0.2) is 4.98 Å². The summed E-state index contributed by atoms with van der Waals surface area (Å²) in [5.74, 6) is 0.551. The van der Waals surface area contributed by atoms with E-state index in [9.17, 15) is 0 Å². The Balaban J connectivity index is 2.04. The Bertz CT molecular complexity index is 649. The highest BCUT2D eigenvalue weighted by Gasteiger charge is 2.10. The summed E-state index contributed by atoms with van der Waals surface area (Å²) < 4.78 is 0.870. The van der Waals surface area contributed by atoms with Crippen LogP contribution in [0.4, 0.5) is 5.82 Å². The number of pyridine rings is 1. The quantitative estimate of drug-likeness (QED) is 0.742. The van der Waals surface area contributed by atoms with Gasteiger partial charge in [0.2, 0.25) is 0 Å². The molecule has 0 unspecified atom stereocenters. The first kappa shape index (κ1) is 16.2. The summed E-state index contributed by atoms with van der Waals surface area (Å²) in [7, 11) is 0. The first-order valence-electron chi connectivity index (χ1n) is 6.42. The van der Waals surface area contributed by atoms with E-state index < -0.39 is 0 Å². The molecule has 0 fully saturated rings. The van der Waals surface area contributed by atoms with Crippen molar-refractivity contribution in [2.75, 3.05) is 5.32 Å². The minimum atomic E-state index is 0.0986. The van der Waals surface area contributed by atoms with Gasteiger partial charge in [-0.3, -0.25) is 0 Å². The lowest BCUT2D eigenvalue weighted by atomic mass is 10.1. The normalized spacial score (nSPS) is 11.8. The lowest BCUT2D eigenvalue weighted by Crippen LogP contribution is -2.31. The Labute approximate surface area is 143 Å². The molecule has 2 aromatic rings. The zero-order valence-electron chi connectivity index (χ0n) is 11.7. The van der Waals surface area contributed by atoms with Crippen molar-refractivity contribution in [3.63, 3.8) is 0 Å². The number of hydrogen-bond donors (Lipinski definition) is 2. The first-order valence-corrected chi connectivity index (χ1v) is 8.00. The van der Waals surface area contributed by atoms with Gasteiger partial charge >= 0.3 is 0 Å². The summed E-state index contributed by atoms with van der Waals surface area (Å²) in [5, 5.41) is 7.26. The molecule has 0 radical (unpaired) electrons. The lowest BCUT2D eigenvalue weighted by Gasteiger charge is -2.17. The predicted molar refractivity (Wildman–Crippen MR) is 95.9 cm³/mol. The van der Waals surface area contributed by atoms with Crippen molar-refractivity contribution in [1.82, 2.24) is 10.3 Å². The second-order valence-electron chi connectivity index (χ2n) is 4.62. The van der Waals surface area contributed by atoms with Crippen molar-refractivity contribution in [2.45, 2.75) is 19.9 Å². The fourth-order valence-corrected chi connectivity index (χ4v) is 2.73. The molecule has 2 rings (SSSR count). The van der Waals surface area contributed by atoms with Crippen LogP contribution in [0.1, 0.15) is 24.2 Å². The smallest absolute Gasteiger partial charge is 0.172 e. The molecule has 1 heterocycles. The van der Waals surface area contributed by atoms with Crippen molar-refractivity contribution < 1.29 is 0 Å². The number of halogens is 2. The summed E-state index contributed by atoms with van der Waals surface area (Å²) in [6, 6.07) is 12.0. The number of nitrogens with zero attached hydrogens (tertiary/aromatic N) is 1. The number of aromatic nitrogens is 1. The molecule has 0 aliphatic rings. The Morgan fingerprint density at radius 1 is 1.33 bits per heavy atom. The number of rotatable bonds is 3. The number of aryl methyl sites for hydroxylation is 1. The van der Waals surface area contributed by atoms with Crippen LogP contribution >= 0.6 is 39.7 Å². The Hall–Kier alpha value is -1.17. The molecule has 0 aliphatic heterocycles. The first-order chi connectivity index (χ1) is 9.97. The third kappa shape index (κ3) is 4.40. The molecule has 0 saturated heterocycles. The van der Waals surface area contributed by atoms with Crippen LogP contribution in [0.2, 0.25) is 5.02 Å². The SMILES string of the molecule is Cc1nc(NC(=S)N[C@@H](C)c2ccccc2)c(Cl)cc1Br. The molecule has 6 heteroatoms. The molecule has 0 aliphatic carbocycles. The van der Waals surface area contributed by atoms with Crippen molar-refractivity contribution >= 4 is 50.7 Å². The van der Waals surface area contributed by atoms with E-state index in [2.05, 4.69) is 43.7 Å². The standard InChI is InChI=1S/C15H15BrClN3S/c1-9(11-6-4-3-5-7-11)19-15(21)20-14-13(17)8-12(16)10(2)18-14/h3-9H,1-2H3,(H2,18,19,20,21)/t9-/m0/s1. The van der Waals surface area contributed by atoms with Crippen LogP contribution in [0.15, 0.2) is 40.9 Å². The molecule has 3 nitrogen and oxygen atoms in total. The fourth-order valence-electron chi connectivity index (χ4n) is 1.81. The van der Waals surface area contributed by atoms with Crippen LogP contribution in [0.3, 0.4) is 0 Å². The number of nitrogens with one attached hydrogen (secondary N) is 2. The second-order valence-corrected chi connectivity index (χ2v) is 6.29. The van der Waals surface area contributed by atoms with E-state index in [1.165, 1.54) is 0 Å². The van der Waals surface area contributed by atoms with Gasteiger partial charge in [0.05, 0.1) is 16.8 Å². The molecule has 0 saturated carbocycles. The van der Waals surface area contributed by atoms with Gasteiger partial charge in [-0.2, -0.15) is 0 Å². The fraction of sp³-hybridized carbons (Fsp3) is 0.200. The van der Waals surface area contributed by atoms with Gasteiger partial charge < -0.3 is 10.6 Å². The van der Waals surface area contributed by atoms with E-state index in [0.29, 0.717) is 16.0 Å². The third-order valence-corrected chi connectivity index (χ3v) is 4.29. The molecule has 0 bridgehead atoms. The van der Waals surface area contributed by atoms with Crippen LogP contribution in [-0.4, -0.2) is 10.1 Å². The third-order valence-electron chi connectivity index (χ3n) is 2.98. The van der Waals surface area contributed by atoms with Gasteiger partial charge in [0, 0.05) is 4.47 Å². The van der Waals surface area contributed by atoms with Crippen LogP contribution in [0, 0.1) is 6.92 Å². The maximum atomic E-state index is 6.16. The van der Waals surface area contributed by atoms with Crippen LogP contribution in [0.5, 0.6) is 0 Å². The molecule has 1 aromatic heterocycles. The maximum absolute atomic E-state index is 6.16. The number of hydrogen-bond acceptors (Lipinski definition) is 2. The number of thiocarbonyl (C=S) groups is 1. The number of anilines is 1. The molecule has 1 atom stereocenters. The predicted octanol–water partition coefficient (Wildman–Crippen LogP) is 4.85. The van der Waals surface area contributed by atoms with E-state index in [1.54, 1.807) is 6.07 Å². The summed E-state index contributed by atoms with van der Waals surface area (Å²) in [4.78, 5) is 4.37. The maximum Gasteiger partial charge on any atom is 0.172 e. The molecule has 21 heavy (non-hydrogen) atoms. The largest absolute Gasteiger partial charge is 0.356 e.